The summed E-state index contributed by atoms with van der Waals surface area (Å²) in [6.07, 6.45) is 1.23. The molecule has 2 rings (SSSR count). The van der Waals surface area contributed by atoms with Crippen LogP contribution in [0.15, 0.2) is 30.3 Å². The third kappa shape index (κ3) is 5.95. The largest absolute Gasteiger partial charge is 0.350 e. The molecule has 2 N–H and O–H groups in total. The Labute approximate surface area is 165 Å². The van der Waals surface area contributed by atoms with E-state index in [0.717, 1.165) is 22.5 Å². The van der Waals surface area contributed by atoms with Crippen molar-refractivity contribution < 1.29 is 9.59 Å². The maximum atomic E-state index is 12.2. The van der Waals surface area contributed by atoms with Crippen LogP contribution in [0.25, 0.3) is 0 Å². The Kier molecular flexibility index (Phi) is 7.76. The number of aromatic nitrogens is 2. The Bertz CT molecular complexity index is 852. The molecule has 28 heavy (non-hydrogen) atoms. The first-order valence-corrected chi connectivity index (χ1v) is 9.43. The molecule has 0 fully saturated rings. The highest BCUT2D eigenvalue weighted by Crippen LogP contribution is 2.15. The van der Waals surface area contributed by atoms with Crippen molar-refractivity contribution in [3.05, 3.63) is 52.8 Å². The molecule has 0 saturated heterocycles. The fraction of sp³-hybridized carbons (Fsp3) is 0.429. The lowest BCUT2D eigenvalue weighted by molar-refractivity contribution is -0.128. The van der Waals surface area contributed by atoms with E-state index in [1.165, 1.54) is 0 Å². The van der Waals surface area contributed by atoms with Gasteiger partial charge < -0.3 is 10.6 Å². The van der Waals surface area contributed by atoms with Gasteiger partial charge >= 0.3 is 0 Å². The summed E-state index contributed by atoms with van der Waals surface area (Å²) in [6, 6.07) is 11.1. The molecule has 1 heterocycles. The summed E-state index contributed by atoms with van der Waals surface area (Å²) in [7, 11) is 0. The zero-order valence-electron chi connectivity index (χ0n) is 16.7. The third-order valence-electron chi connectivity index (χ3n) is 4.65. The van der Waals surface area contributed by atoms with E-state index in [-0.39, 0.29) is 18.2 Å². The number of nitrogens with one attached hydrogen (secondary N) is 2. The monoisotopic (exact) mass is 381 g/mol. The van der Waals surface area contributed by atoms with Crippen LogP contribution in [0, 0.1) is 25.2 Å². The molecule has 1 atom stereocenters. The third-order valence-corrected chi connectivity index (χ3v) is 4.65. The second-order valence-corrected chi connectivity index (χ2v) is 6.77. The number of carbonyl (C=O) groups is 2. The molecule has 0 aliphatic carbocycles. The summed E-state index contributed by atoms with van der Waals surface area (Å²) in [6.45, 7) is 6.51. The SMILES string of the molecule is Cc1nn(CCC#N)c(C)c1CCC(=O)NC(C)C(=O)NCc1ccccc1. The molecular weight excluding hydrogens is 354 g/mol. The maximum Gasteiger partial charge on any atom is 0.242 e. The number of hydrogen-bond donors (Lipinski definition) is 2. The van der Waals surface area contributed by atoms with Gasteiger partial charge in [-0.05, 0) is 38.3 Å². The van der Waals surface area contributed by atoms with Crippen LogP contribution in [-0.2, 0) is 29.1 Å². The highest BCUT2D eigenvalue weighted by atomic mass is 16.2. The lowest BCUT2D eigenvalue weighted by Gasteiger charge is -2.14. The molecule has 2 amide bonds. The second-order valence-electron chi connectivity index (χ2n) is 6.77. The van der Waals surface area contributed by atoms with E-state index in [4.69, 9.17) is 5.26 Å². The maximum absolute atomic E-state index is 12.2. The molecule has 2 aromatic rings. The standard InChI is InChI=1S/C21H27N5O2/c1-15-19(17(3)26(25-15)13-7-12-22)10-11-20(27)24-16(2)21(28)23-14-18-8-5-4-6-9-18/h4-6,8-9,16H,7,10-11,13-14H2,1-3H3,(H,23,28)(H,24,27). The van der Waals surface area contributed by atoms with Crippen LogP contribution in [0.4, 0.5) is 0 Å². The van der Waals surface area contributed by atoms with E-state index < -0.39 is 6.04 Å². The quantitative estimate of drug-likeness (QED) is 0.695. The predicted octanol–water partition coefficient (Wildman–Crippen LogP) is 2.17. The Balaban J connectivity index is 1.81. The molecule has 0 bridgehead atoms. The van der Waals surface area contributed by atoms with Gasteiger partial charge in [-0.2, -0.15) is 10.4 Å². The lowest BCUT2D eigenvalue weighted by atomic mass is 10.1. The van der Waals surface area contributed by atoms with Crippen molar-refractivity contribution in [2.24, 2.45) is 0 Å². The van der Waals surface area contributed by atoms with Gasteiger partial charge in [0.15, 0.2) is 0 Å². The van der Waals surface area contributed by atoms with E-state index >= 15 is 0 Å². The minimum Gasteiger partial charge on any atom is -0.350 e. The van der Waals surface area contributed by atoms with E-state index in [1.807, 2.05) is 48.9 Å². The zero-order chi connectivity index (χ0) is 20.5. The molecule has 1 aromatic heterocycles. The van der Waals surface area contributed by atoms with Crippen molar-refractivity contribution in [1.82, 2.24) is 20.4 Å². The Morgan fingerprint density at radius 2 is 1.96 bits per heavy atom. The number of nitrogens with zero attached hydrogens (tertiary/aromatic N) is 3. The first-order chi connectivity index (χ1) is 13.4. The van der Waals surface area contributed by atoms with Crippen LogP contribution in [0.3, 0.4) is 0 Å². The molecule has 1 aromatic carbocycles. The highest BCUT2D eigenvalue weighted by Gasteiger charge is 2.17. The predicted molar refractivity (Wildman–Crippen MR) is 106 cm³/mol. The second kappa shape index (κ2) is 10.3. The first kappa shape index (κ1) is 21.2. The van der Waals surface area contributed by atoms with Gasteiger partial charge in [0.2, 0.25) is 11.8 Å². The van der Waals surface area contributed by atoms with Crippen molar-refractivity contribution >= 4 is 11.8 Å². The van der Waals surface area contributed by atoms with Gasteiger partial charge in [0.25, 0.3) is 0 Å². The van der Waals surface area contributed by atoms with Crippen molar-refractivity contribution in [2.75, 3.05) is 0 Å². The number of aryl methyl sites for hydroxylation is 2. The number of nitriles is 1. The van der Waals surface area contributed by atoms with E-state index in [9.17, 15) is 9.59 Å². The Morgan fingerprint density at radius 1 is 1.25 bits per heavy atom. The van der Waals surface area contributed by atoms with Crippen LogP contribution < -0.4 is 10.6 Å². The van der Waals surface area contributed by atoms with Crippen LogP contribution in [0.5, 0.6) is 0 Å². The van der Waals surface area contributed by atoms with Crippen molar-refractivity contribution in [1.29, 1.82) is 5.26 Å². The zero-order valence-corrected chi connectivity index (χ0v) is 16.7. The molecule has 0 aliphatic rings. The van der Waals surface area contributed by atoms with E-state index in [1.54, 1.807) is 6.92 Å². The molecule has 7 nitrogen and oxygen atoms in total. The molecule has 7 heteroatoms. The van der Waals surface area contributed by atoms with Crippen LogP contribution in [-0.4, -0.2) is 27.6 Å². The number of amides is 2. The number of hydrogen-bond acceptors (Lipinski definition) is 4. The first-order valence-electron chi connectivity index (χ1n) is 9.43. The fourth-order valence-electron chi connectivity index (χ4n) is 3.03. The van der Waals surface area contributed by atoms with Crippen molar-refractivity contribution in [3.63, 3.8) is 0 Å². The average molecular weight is 381 g/mol. The van der Waals surface area contributed by atoms with Crippen LogP contribution >= 0.6 is 0 Å². The number of carbonyl (C=O) groups excluding carboxylic acids is 2. The molecule has 148 valence electrons. The lowest BCUT2D eigenvalue weighted by Crippen LogP contribution is -2.44. The molecule has 1 unspecified atom stereocenters. The Morgan fingerprint density at radius 3 is 2.64 bits per heavy atom. The number of rotatable bonds is 9. The normalized spacial score (nSPS) is 11.5. The minimum atomic E-state index is -0.600. The van der Waals surface area contributed by atoms with Gasteiger partial charge in [0.1, 0.15) is 6.04 Å². The van der Waals surface area contributed by atoms with Gasteiger partial charge in [0, 0.05) is 18.7 Å². The van der Waals surface area contributed by atoms with E-state index in [2.05, 4.69) is 21.8 Å². The van der Waals surface area contributed by atoms with Crippen molar-refractivity contribution in [3.8, 4) is 6.07 Å². The van der Waals surface area contributed by atoms with Crippen LogP contribution in [0.1, 0.15) is 42.3 Å². The van der Waals surface area contributed by atoms with E-state index in [0.29, 0.717) is 25.9 Å². The van der Waals surface area contributed by atoms with Gasteiger partial charge in [-0.3, -0.25) is 14.3 Å². The molecular formula is C21H27N5O2. The molecule has 0 aliphatic heterocycles. The number of benzene rings is 1. The summed E-state index contributed by atoms with van der Waals surface area (Å²) in [5.41, 5.74) is 3.88. The van der Waals surface area contributed by atoms with Crippen molar-refractivity contribution in [2.45, 2.75) is 59.2 Å². The van der Waals surface area contributed by atoms with Gasteiger partial charge in [-0.15, -0.1) is 0 Å². The fourth-order valence-corrected chi connectivity index (χ4v) is 3.03. The topological polar surface area (TPSA) is 99.8 Å². The minimum absolute atomic E-state index is 0.175. The molecule has 0 spiro atoms. The smallest absolute Gasteiger partial charge is 0.242 e. The summed E-state index contributed by atoms with van der Waals surface area (Å²) in [5, 5.41) is 18.7. The highest BCUT2D eigenvalue weighted by molar-refractivity contribution is 5.87. The molecule has 0 saturated carbocycles. The molecule has 0 radical (unpaired) electrons. The summed E-state index contributed by atoms with van der Waals surface area (Å²) < 4.78 is 1.81. The summed E-state index contributed by atoms with van der Waals surface area (Å²) in [4.78, 5) is 24.4. The van der Waals surface area contributed by atoms with Gasteiger partial charge in [0.05, 0.1) is 24.7 Å². The van der Waals surface area contributed by atoms with Gasteiger partial charge in [-0.25, -0.2) is 0 Å². The average Bonchev–Trinajstić information content (AvgIpc) is 2.96. The summed E-state index contributed by atoms with van der Waals surface area (Å²) >= 11 is 0. The van der Waals surface area contributed by atoms with Crippen LogP contribution in [0.2, 0.25) is 0 Å². The Hall–Kier alpha value is -3.14. The summed E-state index contributed by atoms with van der Waals surface area (Å²) in [5.74, 6) is -0.389. The van der Waals surface area contributed by atoms with Gasteiger partial charge in [-0.1, -0.05) is 30.3 Å².